The molecule has 0 atom stereocenters. The molecule has 0 bridgehead atoms. The number of hydrogen-bond acceptors (Lipinski definition) is 4. The Morgan fingerprint density at radius 3 is 2.83 bits per heavy atom. The fourth-order valence-electron chi connectivity index (χ4n) is 1.89. The van der Waals surface area contributed by atoms with E-state index in [9.17, 15) is 9.59 Å². The number of hydrogen-bond donors (Lipinski definition) is 1. The maximum Gasteiger partial charge on any atom is 0.354 e. The number of ketones is 1. The highest BCUT2D eigenvalue weighted by molar-refractivity contribution is 6.09. The van der Waals surface area contributed by atoms with Crippen molar-refractivity contribution in [2.75, 3.05) is 13.2 Å². The van der Waals surface area contributed by atoms with Gasteiger partial charge in [0.1, 0.15) is 12.3 Å². The summed E-state index contributed by atoms with van der Waals surface area (Å²) in [6, 6.07) is 5.60. The molecular formula is C14H15NO3. The first kappa shape index (κ1) is 12.4. The molecule has 2 rings (SSSR count). The number of nitrogens with one attached hydrogen (secondary N) is 1. The van der Waals surface area contributed by atoms with Gasteiger partial charge < -0.3 is 10.1 Å². The van der Waals surface area contributed by atoms with Gasteiger partial charge in [-0.3, -0.25) is 4.79 Å². The molecule has 0 radical (unpaired) electrons. The van der Waals surface area contributed by atoms with Gasteiger partial charge in [-0.1, -0.05) is 23.8 Å². The molecule has 0 unspecified atom stereocenters. The second-order valence-corrected chi connectivity index (χ2v) is 4.30. The molecule has 4 heteroatoms. The van der Waals surface area contributed by atoms with E-state index in [1.165, 1.54) is 6.08 Å². The van der Waals surface area contributed by atoms with E-state index in [4.69, 9.17) is 4.74 Å². The zero-order valence-corrected chi connectivity index (χ0v) is 10.4. The Bertz CT molecular complexity index is 532. The summed E-state index contributed by atoms with van der Waals surface area (Å²) in [6.45, 7) is 4.73. The molecule has 1 aliphatic rings. The quantitative estimate of drug-likeness (QED) is 0.487. The maximum absolute atomic E-state index is 12.1. The predicted molar refractivity (Wildman–Crippen MR) is 67.3 cm³/mol. The number of benzene rings is 1. The highest BCUT2D eigenvalue weighted by Gasteiger charge is 2.18. The van der Waals surface area contributed by atoms with Gasteiger partial charge >= 0.3 is 5.97 Å². The fraction of sp³-hybridized carbons (Fsp3) is 0.286. The Hall–Kier alpha value is -2.10. The molecule has 0 amide bonds. The number of morpholine rings is 1. The summed E-state index contributed by atoms with van der Waals surface area (Å²) in [5.74, 6) is -0.659. The van der Waals surface area contributed by atoms with E-state index in [0.717, 1.165) is 11.1 Å². The predicted octanol–water partition coefficient (Wildman–Crippen LogP) is 1.52. The lowest BCUT2D eigenvalue weighted by Gasteiger charge is -2.16. The number of carbonyl (C=O) groups is 2. The third-order valence-electron chi connectivity index (χ3n) is 2.79. The zero-order valence-electron chi connectivity index (χ0n) is 10.4. The smallest absolute Gasteiger partial charge is 0.354 e. The zero-order chi connectivity index (χ0) is 13.1. The molecule has 1 aromatic carbocycles. The molecule has 1 saturated heterocycles. The average molecular weight is 245 g/mol. The van der Waals surface area contributed by atoms with Crippen molar-refractivity contribution in [1.29, 1.82) is 0 Å². The molecule has 1 N–H and O–H groups in total. The minimum atomic E-state index is -0.473. The largest absolute Gasteiger partial charge is 0.459 e. The number of rotatable bonds is 2. The molecular weight excluding hydrogens is 230 g/mol. The highest BCUT2D eigenvalue weighted by atomic mass is 16.5. The fourth-order valence-corrected chi connectivity index (χ4v) is 1.89. The van der Waals surface area contributed by atoms with Gasteiger partial charge in [0.05, 0.1) is 0 Å². The first-order valence-corrected chi connectivity index (χ1v) is 5.82. The first-order valence-electron chi connectivity index (χ1n) is 5.82. The van der Waals surface area contributed by atoms with E-state index in [0.29, 0.717) is 18.7 Å². The van der Waals surface area contributed by atoms with Crippen LogP contribution in [0.15, 0.2) is 30.0 Å². The van der Waals surface area contributed by atoms with E-state index < -0.39 is 5.97 Å². The van der Waals surface area contributed by atoms with Crippen LogP contribution in [0.3, 0.4) is 0 Å². The van der Waals surface area contributed by atoms with Crippen molar-refractivity contribution in [2.24, 2.45) is 0 Å². The number of carbonyl (C=O) groups excluding carboxylic acids is 2. The Labute approximate surface area is 106 Å². The molecule has 0 spiro atoms. The second-order valence-electron chi connectivity index (χ2n) is 4.30. The van der Waals surface area contributed by atoms with Crippen LogP contribution in [-0.4, -0.2) is 24.9 Å². The molecule has 1 fully saturated rings. The number of ether oxygens (including phenoxy) is 1. The lowest BCUT2D eigenvalue weighted by molar-refractivity contribution is -0.141. The maximum atomic E-state index is 12.1. The third kappa shape index (κ3) is 2.59. The van der Waals surface area contributed by atoms with E-state index in [1.807, 2.05) is 26.0 Å². The average Bonchev–Trinajstić information content (AvgIpc) is 2.32. The van der Waals surface area contributed by atoms with E-state index in [1.54, 1.807) is 6.07 Å². The van der Waals surface area contributed by atoms with E-state index in [2.05, 4.69) is 5.32 Å². The molecule has 0 aliphatic carbocycles. The van der Waals surface area contributed by atoms with Crippen LogP contribution in [0.25, 0.3) is 0 Å². The molecule has 1 heterocycles. The van der Waals surface area contributed by atoms with Crippen molar-refractivity contribution in [3.05, 3.63) is 46.7 Å². The van der Waals surface area contributed by atoms with Crippen molar-refractivity contribution in [3.63, 3.8) is 0 Å². The Balaban J connectivity index is 2.26. The highest BCUT2D eigenvalue weighted by Crippen LogP contribution is 2.13. The van der Waals surface area contributed by atoms with Crippen LogP contribution in [0, 0.1) is 13.8 Å². The minimum Gasteiger partial charge on any atom is -0.459 e. The summed E-state index contributed by atoms with van der Waals surface area (Å²) in [6.07, 6.45) is 1.30. The monoisotopic (exact) mass is 245 g/mol. The van der Waals surface area contributed by atoms with Crippen LogP contribution in [0.5, 0.6) is 0 Å². The molecule has 1 aliphatic heterocycles. The summed E-state index contributed by atoms with van der Waals surface area (Å²) in [4.78, 5) is 23.5. The van der Waals surface area contributed by atoms with Crippen molar-refractivity contribution in [3.8, 4) is 0 Å². The number of aryl methyl sites for hydroxylation is 2. The van der Waals surface area contributed by atoms with Gasteiger partial charge in [-0.15, -0.1) is 0 Å². The van der Waals surface area contributed by atoms with Crippen LogP contribution in [0.2, 0.25) is 0 Å². The van der Waals surface area contributed by atoms with Crippen LogP contribution in [-0.2, 0) is 9.53 Å². The van der Waals surface area contributed by atoms with Crippen LogP contribution in [0.4, 0.5) is 0 Å². The standard InChI is InChI=1S/C14H15NO3/c1-9-3-4-11(10(2)7-9)13(16)8-12-14(17)18-6-5-15-12/h3-4,7-8,15H,5-6H2,1-2H3/b12-8+. The second kappa shape index (κ2) is 5.04. The number of esters is 1. The van der Waals surface area contributed by atoms with Crippen molar-refractivity contribution in [2.45, 2.75) is 13.8 Å². The van der Waals surface area contributed by atoms with Crippen molar-refractivity contribution in [1.82, 2.24) is 5.32 Å². The molecule has 0 saturated carbocycles. The molecule has 1 aromatic rings. The summed E-state index contributed by atoms with van der Waals surface area (Å²) >= 11 is 0. The molecule has 18 heavy (non-hydrogen) atoms. The summed E-state index contributed by atoms with van der Waals surface area (Å²) < 4.78 is 4.85. The van der Waals surface area contributed by atoms with Crippen LogP contribution >= 0.6 is 0 Å². The van der Waals surface area contributed by atoms with Gasteiger partial charge in [0.2, 0.25) is 0 Å². The van der Waals surface area contributed by atoms with E-state index in [-0.39, 0.29) is 11.5 Å². The first-order chi connectivity index (χ1) is 8.58. The topological polar surface area (TPSA) is 55.4 Å². The van der Waals surface area contributed by atoms with Gasteiger partial charge in [-0.05, 0) is 19.4 Å². The van der Waals surface area contributed by atoms with Gasteiger partial charge in [-0.25, -0.2) is 4.79 Å². The Morgan fingerprint density at radius 1 is 1.39 bits per heavy atom. The summed E-state index contributed by atoms with van der Waals surface area (Å²) in [7, 11) is 0. The van der Waals surface area contributed by atoms with Gasteiger partial charge in [-0.2, -0.15) is 0 Å². The molecule has 94 valence electrons. The van der Waals surface area contributed by atoms with E-state index >= 15 is 0 Å². The normalized spacial score (nSPS) is 17.2. The lowest BCUT2D eigenvalue weighted by atomic mass is 10.0. The van der Waals surface area contributed by atoms with Gasteiger partial charge in [0.15, 0.2) is 5.78 Å². The number of allylic oxidation sites excluding steroid dienone is 1. The Kier molecular flexibility index (Phi) is 3.46. The Morgan fingerprint density at radius 2 is 2.17 bits per heavy atom. The molecule has 4 nitrogen and oxygen atoms in total. The lowest BCUT2D eigenvalue weighted by Crippen LogP contribution is -2.33. The van der Waals surface area contributed by atoms with Crippen LogP contribution in [0.1, 0.15) is 21.5 Å². The summed E-state index contributed by atoms with van der Waals surface area (Å²) in [5.41, 5.74) is 2.84. The van der Waals surface area contributed by atoms with Crippen LogP contribution < -0.4 is 5.32 Å². The SMILES string of the molecule is Cc1ccc(C(=O)/C=C2/NCCOC2=O)c(C)c1. The molecule has 0 aromatic heterocycles. The van der Waals surface area contributed by atoms with Crippen molar-refractivity contribution >= 4 is 11.8 Å². The summed E-state index contributed by atoms with van der Waals surface area (Å²) in [5, 5.41) is 2.87. The van der Waals surface area contributed by atoms with Gasteiger partial charge in [0.25, 0.3) is 0 Å². The third-order valence-corrected chi connectivity index (χ3v) is 2.79. The van der Waals surface area contributed by atoms with Crippen molar-refractivity contribution < 1.29 is 14.3 Å². The van der Waals surface area contributed by atoms with Gasteiger partial charge in [0, 0.05) is 18.2 Å². The minimum absolute atomic E-state index is 0.186. The number of cyclic esters (lactones) is 1.